The first-order valence-corrected chi connectivity index (χ1v) is 8.25. The van der Waals surface area contributed by atoms with Crippen LogP contribution < -0.4 is 10.6 Å². The van der Waals surface area contributed by atoms with E-state index in [9.17, 15) is 0 Å². The monoisotopic (exact) mass is 352 g/mol. The molecule has 0 aromatic heterocycles. The Morgan fingerprint density at radius 2 is 2.05 bits per heavy atom. The molecule has 0 bridgehead atoms. The average molecular weight is 353 g/mol. The molecular formula is C15H21BrN4O. The van der Waals surface area contributed by atoms with E-state index in [1.165, 1.54) is 32.4 Å². The van der Waals surface area contributed by atoms with Gasteiger partial charge < -0.3 is 15.8 Å². The molecule has 3 N–H and O–H groups in total. The van der Waals surface area contributed by atoms with Crippen molar-refractivity contribution in [1.82, 2.24) is 4.90 Å². The number of likely N-dealkylation sites (tertiary alicyclic amines) is 1. The summed E-state index contributed by atoms with van der Waals surface area (Å²) in [6, 6.07) is 6.60. The topological polar surface area (TPSA) is 65.1 Å². The number of oxime groups is 1. The summed E-state index contributed by atoms with van der Waals surface area (Å²) in [4.78, 5) is 4.95. The van der Waals surface area contributed by atoms with Gasteiger partial charge in [0.15, 0.2) is 5.84 Å². The molecule has 21 heavy (non-hydrogen) atoms. The third kappa shape index (κ3) is 3.01. The first-order chi connectivity index (χ1) is 10.2. The molecule has 6 heteroatoms. The van der Waals surface area contributed by atoms with Gasteiger partial charge in [0.05, 0.1) is 0 Å². The maximum Gasteiger partial charge on any atom is 0.172 e. The molecule has 114 valence electrons. The molecule has 0 aliphatic carbocycles. The van der Waals surface area contributed by atoms with Gasteiger partial charge in [-0.25, -0.2) is 0 Å². The molecule has 3 rings (SSSR count). The minimum Gasteiger partial charge on any atom is -0.409 e. The van der Waals surface area contributed by atoms with E-state index in [0.29, 0.717) is 6.04 Å². The van der Waals surface area contributed by atoms with Crippen LogP contribution in [0.5, 0.6) is 0 Å². The van der Waals surface area contributed by atoms with Crippen LogP contribution in [0.4, 0.5) is 5.69 Å². The van der Waals surface area contributed by atoms with Gasteiger partial charge >= 0.3 is 0 Å². The number of hydrogen-bond donors (Lipinski definition) is 2. The number of halogens is 1. The summed E-state index contributed by atoms with van der Waals surface area (Å²) >= 11 is 3.45. The predicted molar refractivity (Wildman–Crippen MR) is 88.1 cm³/mol. The molecular weight excluding hydrogens is 332 g/mol. The minimum atomic E-state index is 0.163. The Hall–Kier alpha value is -1.27. The number of anilines is 1. The molecule has 0 saturated carbocycles. The zero-order valence-corrected chi connectivity index (χ0v) is 13.6. The Bertz CT molecular complexity index is 542. The highest BCUT2D eigenvalue weighted by molar-refractivity contribution is 9.10. The highest BCUT2D eigenvalue weighted by Crippen LogP contribution is 2.29. The second kappa shape index (κ2) is 6.23. The zero-order valence-electron chi connectivity index (χ0n) is 12.0. The van der Waals surface area contributed by atoms with Crippen LogP contribution in [-0.2, 0) is 0 Å². The van der Waals surface area contributed by atoms with E-state index in [1.54, 1.807) is 0 Å². The molecule has 2 heterocycles. The Morgan fingerprint density at radius 3 is 2.76 bits per heavy atom. The van der Waals surface area contributed by atoms with Crippen molar-refractivity contribution < 1.29 is 5.21 Å². The van der Waals surface area contributed by atoms with Gasteiger partial charge in [-0.3, -0.25) is 4.90 Å². The van der Waals surface area contributed by atoms with Crippen molar-refractivity contribution in [2.45, 2.75) is 25.3 Å². The normalized spacial score (nSPS) is 24.0. The summed E-state index contributed by atoms with van der Waals surface area (Å²) in [6.45, 7) is 4.50. The second-order valence-electron chi connectivity index (χ2n) is 5.78. The molecule has 1 aromatic carbocycles. The lowest BCUT2D eigenvalue weighted by Crippen LogP contribution is -2.35. The highest BCUT2D eigenvalue weighted by Gasteiger charge is 2.30. The van der Waals surface area contributed by atoms with Gasteiger partial charge in [0, 0.05) is 34.9 Å². The number of hydrogen-bond acceptors (Lipinski definition) is 4. The molecule has 0 spiro atoms. The van der Waals surface area contributed by atoms with E-state index < -0.39 is 0 Å². The number of nitrogens with zero attached hydrogens (tertiary/aromatic N) is 3. The van der Waals surface area contributed by atoms with Crippen molar-refractivity contribution in [1.29, 1.82) is 0 Å². The minimum absolute atomic E-state index is 0.163. The molecule has 1 aromatic rings. The Labute approximate surface area is 133 Å². The van der Waals surface area contributed by atoms with Gasteiger partial charge in [-0.1, -0.05) is 21.1 Å². The lowest BCUT2D eigenvalue weighted by atomic mass is 10.1. The maximum atomic E-state index is 8.99. The van der Waals surface area contributed by atoms with Gasteiger partial charge in [0.2, 0.25) is 0 Å². The predicted octanol–water partition coefficient (Wildman–Crippen LogP) is 2.22. The second-order valence-corrected chi connectivity index (χ2v) is 6.69. The van der Waals surface area contributed by atoms with E-state index in [2.05, 4.69) is 30.9 Å². The van der Waals surface area contributed by atoms with Crippen molar-refractivity contribution in [2.75, 3.05) is 31.1 Å². The summed E-state index contributed by atoms with van der Waals surface area (Å²) in [6.07, 6.45) is 3.83. The fourth-order valence-corrected chi connectivity index (χ4v) is 3.77. The average Bonchev–Trinajstić information content (AvgIpc) is 3.16. The lowest BCUT2D eigenvalue weighted by Gasteiger charge is -2.25. The van der Waals surface area contributed by atoms with Crippen LogP contribution >= 0.6 is 15.9 Å². The SMILES string of the molecule is N/C(=N/O)c1cc(Br)ccc1N1CCC(N2CCCC2)C1. The highest BCUT2D eigenvalue weighted by atomic mass is 79.9. The fraction of sp³-hybridized carbons (Fsp3) is 0.533. The first kappa shape index (κ1) is 14.7. The molecule has 0 amide bonds. The maximum absolute atomic E-state index is 8.99. The van der Waals surface area contributed by atoms with E-state index in [0.717, 1.165) is 28.8 Å². The van der Waals surface area contributed by atoms with E-state index in [-0.39, 0.29) is 5.84 Å². The van der Waals surface area contributed by atoms with Crippen molar-refractivity contribution in [2.24, 2.45) is 10.9 Å². The number of benzene rings is 1. The molecule has 2 aliphatic heterocycles. The van der Waals surface area contributed by atoms with Crippen LogP contribution in [0.1, 0.15) is 24.8 Å². The van der Waals surface area contributed by atoms with E-state index in [1.807, 2.05) is 18.2 Å². The van der Waals surface area contributed by atoms with Crippen LogP contribution in [0, 0.1) is 0 Å². The first-order valence-electron chi connectivity index (χ1n) is 7.45. The van der Waals surface area contributed by atoms with Gasteiger partial charge in [-0.2, -0.15) is 0 Å². The van der Waals surface area contributed by atoms with Crippen molar-refractivity contribution in [3.63, 3.8) is 0 Å². The Kier molecular flexibility index (Phi) is 4.35. The molecule has 0 radical (unpaired) electrons. The fourth-order valence-electron chi connectivity index (χ4n) is 3.41. The molecule has 1 unspecified atom stereocenters. The smallest absolute Gasteiger partial charge is 0.172 e. The van der Waals surface area contributed by atoms with Crippen molar-refractivity contribution in [3.8, 4) is 0 Å². The number of nitrogens with two attached hydrogens (primary N) is 1. The zero-order chi connectivity index (χ0) is 14.8. The number of amidine groups is 1. The van der Waals surface area contributed by atoms with Gasteiger partial charge in [-0.05, 0) is 50.6 Å². The largest absolute Gasteiger partial charge is 0.409 e. The standard InChI is InChI=1S/C15H21BrN4O/c16-11-3-4-14(13(9-11)15(17)18-21)20-8-5-12(10-20)19-6-1-2-7-19/h3-4,9,12,21H,1-2,5-8,10H2,(H2,17,18). The molecule has 5 nitrogen and oxygen atoms in total. The van der Waals surface area contributed by atoms with E-state index in [4.69, 9.17) is 10.9 Å². The van der Waals surface area contributed by atoms with Crippen LogP contribution in [-0.4, -0.2) is 48.2 Å². The van der Waals surface area contributed by atoms with Crippen molar-refractivity contribution >= 4 is 27.5 Å². The summed E-state index contributed by atoms with van der Waals surface area (Å²) < 4.78 is 0.933. The van der Waals surface area contributed by atoms with Crippen LogP contribution in [0.15, 0.2) is 27.8 Å². The summed E-state index contributed by atoms with van der Waals surface area (Å²) in [5, 5.41) is 12.2. The van der Waals surface area contributed by atoms with Crippen LogP contribution in [0.2, 0.25) is 0 Å². The lowest BCUT2D eigenvalue weighted by molar-refractivity contribution is 0.260. The third-order valence-corrected chi connectivity index (χ3v) is 5.00. The third-order valence-electron chi connectivity index (χ3n) is 4.50. The number of rotatable bonds is 3. The van der Waals surface area contributed by atoms with E-state index >= 15 is 0 Å². The Balaban J connectivity index is 1.81. The summed E-state index contributed by atoms with van der Waals surface area (Å²) in [5.41, 5.74) is 7.67. The molecule has 2 saturated heterocycles. The van der Waals surface area contributed by atoms with Gasteiger partial charge in [-0.15, -0.1) is 0 Å². The van der Waals surface area contributed by atoms with Crippen LogP contribution in [0.3, 0.4) is 0 Å². The molecule has 2 fully saturated rings. The Morgan fingerprint density at radius 1 is 1.29 bits per heavy atom. The quantitative estimate of drug-likeness (QED) is 0.379. The summed E-state index contributed by atoms with van der Waals surface area (Å²) in [5.74, 6) is 0.163. The van der Waals surface area contributed by atoms with Gasteiger partial charge in [0.25, 0.3) is 0 Å². The molecule has 1 atom stereocenters. The van der Waals surface area contributed by atoms with Gasteiger partial charge in [0.1, 0.15) is 0 Å². The van der Waals surface area contributed by atoms with Crippen molar-refractivity contribution in [3.05, 3.63) is 28.2 Å². The van der Waals surface area contributed by atoms with Crippen LogP contribution in [0.25, 0.3) is 0 Å². The molecule has 2 aliphatic rings. The summed E-state index contributed by atoms with van der Waals surface area (Å²) in [7, 11) is 0.